The number of benzene rings is 2. The van der Waals surface area contributed by atoms with E-state index in [4.69, 9.17) is 28.4 Å². The van der Waals surface area contributed by atoms with Crippen LogP contribution < -0.4 is 39.2 Å². The van der Waals surface area contributed by atoms with Gasteiger partial charge in [-0.1, -0.05) is 36.4 Å². The highest BCUT2D eigenvalue weighted by Gasteiger charge is 2.31. The Morgan fingerprint density at radius 1 is 1.12 bits per heavy atom. The van der Waals surface area contributed by atoms with Gasteiger partial charge in [0, 0.05) is 6.54 Å². The predicted octanol–water partition coefficient (Wildman–Crippen LogP) is -1.04. The summed E-state index contributed by atoms with van der Waals surface area (Å²) in [5.74, 6) is 18.3. The molecule has 0 aliphatic rings. The highest BCUT2D eigenvalue weighted by atomic mass is 16.7. The normalized spacial score (nSPS) is 11.9. The van der Waals surface area contributed by atoms with Crippen molar-refractivity contribution in [1.82, 2.24) is 10.8 Å². The summed E-state index contributed by atoms with van der Waals surface area (Å²) in [4.78, 5) is 33.3. The van der Waals surface area contributed by atoms with E-state index in [1.807, 2.05) is 11.5 Å². The number of rotatable bonds is 12. The van der Waals surface area contributed by atoms with Crippen LogP contribution in [0.2, 0.25) is 0 Å². The van der Waals surface area contributed by atoms with E-state index in [1.165, 1.54) is 12.1 Å². The van der Waals surface area contributed by atoms with E-state index in [0.717, 1.165) is 5.56 Å². The lowest BCUT2D eigenvalue weighted by Crippen LogP contribution is -2.47. The molecule has 33 heavy (non-hydrogen) atoms. The number of hydrazine groups is 1. The second kappa shape index (κ2) is 13.3. The molecule has 0 saturated heterocycles. The molecule has 0 saturated carbocycles. The molecule has 0 radical (unpaired) electrons. The fourth-order valence-corrected chi connectivity index (χ4v) is 3.07. The van der Waals surface area contributed by atoms with Gasteiger partial charge < -0.3 is 19.6 Å². The third-order valence-corrected chi connectivity index (χ3v) is 4.56. The molecule has 0 aromatic heterocycles. The fourth-order valence-electron chi connectivity index (χ4n) is 3.07. The van der Waals surface area contributed by atoms with Crippen LogP contribution in [0.4, 0.5) is 0 Å². The largest absolute Gasteiger partial charge is 0.451 e. The van der Waals surface area contributed by atoms with Crippen molar-refractivity contribution < 1.29 is 29.2 Å². The van der Waals surface area contributed by atoms with Gasteiger partial charge in [-0.3, -0.25) is 16.1 Å². The van der Waals surface area contributed by atoms with Crippen molar-refractivity contribution in [2.24, 2.45) is 33.8 Å². The lowest BCUT2D eigenvalue weighted by Gasteiger charge is -2.18. The summed E-state index contributed by atoms with van der Waals surface area (Å²) in [6, 6.07) is 11.7. The van der Waals surface area contributed by atoms with Gasteiger partial charge in [0.15, 0.2) is 5.75 Å². The smallest absolute Gasteiger partial charge is 0.410 e. The van der Waals surface area contributed by atoms with Crippen LogP contribution in [0.1, 0.15) is 27.0 Å². The summed E-state index contributed by atoms with van der Waals surface area (Å²) in [5, 5.41) is 18.9. The first-order chi connectivity index (χ1) is 16.0. The van der Waals surface area contributed by atoms with Gasteiger partial charge in [0.2, 0.25) is 0 Å². The van der Waals surface area contributed by atoms with Crippen LogP contribution in [0.5, 0.6) is 5.75 Å². The maximum atomic E-state index is 12.4. The number of amides is 1. The van der Waals surface area contributed by atoms with E-state index in [1.54, 1.807) is 24.3 Å². The summed E-state index contributed by atoms with van der Waals surface area (Å²) in [7, 11) is -1.25. The SMILES string of the molecule is NNCc1cccc(CC(=O)N=N[C@@H](Cc2cccc(C(=O)ON)c2ON)B(NO)ON)c1. The molecule has 1 amide bonds. The number of hydrogen-bond donors (Lipinski definition) is 7. The molecule has 0 heterocycles. The van der Waals surface area contributed by atoms with Crippen LogP contribution >= 0.6 is 0 Å². The second-order valence-corrected chi connectivity index (χ2v) is 6.76. The quantitative estimate of drug-likeness (QED) is 0.0871. The molecule has 0 unspecified atom stereocenters. The summed E-state index contributed by atoms with van der Waals surface area (Å²) in [6.45, 7) is 0.436. The Labute approximate surface area is 189 Å². The van der Waals surface area contributed by atoms with Crippen LogP contribution in [0.3, 0.4) is 0 Å². The predicted molar refractivity (Wildman–Crippen MR) is 115 cm³/mol. The highest BCUT2D eigenvalue weighted by molar-refractivity contribution is 6.50. The van der Waals surface area contributed by atoms with Crippen LogP contribution in [0.15, 0.2) is 52.7 Å². The lowest BCUT2D eigenvalue weighted by molar-refractivity contribution is -0.117. The van der Waals surface area contributed by atoms with Crippen molar-refractivity contribution in [2.75, 3.05) is 0 Å². The Hall–Kier alpha value is -3.28. The van der Waals surface area contributed by atoms with E-state index in [2.05, 4.69) is 25.2 Å². The maximum absolute atomic E-state index is 12.4. The molecule has 2 aromatic carbocycles. The van der Waals surface area contributed by atoms with Crippen LogP contribution in [0, 0.1) is 0 Å². The first-order valence-corrected chi connectivity index (χ1v) is 9.57. The molecule has 0 aliphatic heterocycles. The number of nitrogens with two attached hydrogens (primary N) is 4. The van der Waals surface area contributed by atoms with Crippen LogP contribution in [-0.2, 0) is 33.8 Å². The number of carbonyl (C=O) groups excluding carboxylic acids is 2. The minimum absolute atomic E-state index is 0.0235. The Morgan fingerprint density at radius 2 is 1.85 bits per heavy atom. The van der Waals surface area contributed by atoms with Gasteiger partial charge in [-0.25, -0.2) is 16.1 Å². The van der Waals surface area contributed by atoms with E-state index in [-0.39, 0.29) is 24.2 Å². The molecule has 176 valence electrons. The molecule has 1 atom stereocenters. The van der Waals surface area contributed by atoms with E-state index in [9.17, 15) is 14.8 Å². The third kappa shape index (κ3) is 7.38. The van der Waals surface area contributed by atoms with E-state index in [0.29, 0.717) is 17.7 Å². The topological polar surface area (TPSA) is 235 Å². The molecule has 0 fully saturated rings. The summed E-state index contributed by atoms with van der Waals surface area (Å²) < 4.78 is 4.67. The molecule has 0 spiro atoms. The Balaban J connectivity index is 2.24. The van der Waals surface area contributed by atoms with Crippen molar-refractivity contribution in [3.8, 4) is 5.75 Å². The minimum Gasteiger partial charge on any atom is -0.410 e. The van der Waals surface area contributed by atoms with E-state index >= 15 is 0 Å². The van der Waals surface area contributed by atoms with Crippen molar-refractivity contribution in [3.63, 3.8) is 0 Å². The van der Waals surface area contributed by atoms with Crippen LogP contribution in [0.25, 0.3) is 0 Å². The van der Waals surface area contributed by atoms with Gasteiger partial charge in [0.05, 0.1) is 6.42 Å². The van der Waals surface area contributed by atoms with Gasteiger partial charge in [-0.15, -0.1) is 5.11 Å². The molecule has 0 bridgehead atoms. The average Bonchev–Trinajstić information content (AvgIpc) is 2.82. The van der Waals surface area contributed by atoms with Gasteiger partial charge >= 0.3 is 13.0 Å². The Morgan fingerprint density at radius 3 is 2.48 bits per heavy atom. The van der Waals surface area contributed by atoms with Gasteiger partial charge in [0.1, 0.15) is 11.5 Å². The van der Waals surface area contributed by atoms with Crippen molar-refractivity contribution in [1.29, 1.82) is 0 Å². The van der Waals surface area contributed by atoms with Crippen molar-refractivity contribution >= 4 is 18.9 Å². The van der Waals surface area contributed by atoms with Gasteiger partial charge in [-0.05, 0) is 29.2 Å². The third-order valence-electron chi connectivity index (χ3n) is 4.56. The average molecular weight is 460 g/mol. The zero-order valence-corrected chi connectivity index (χ0v) is 17.5. The molecule has 0 aliphatic carbocycles. The zero-order valence-electron chi connectivity index (χ0n) is 17.5. The van der Waals surface area contributed by atoms with Crippen molar-refractivity contribution in [3.05, 3.63) is 64.7 Å². The molecular formula is C18H25BN8O6. The number of nitrogens with one attached hydrogen (secondary N) is 2. The molecule has 2 aromatic rings. The second-order valence-electron chi connectivity index (χ2n) is 6.76. The number of carbonyl (C=O) groups is 2. The molecular weight excluding hydrogens is 435 g/mol. The lowest BCUT2D eigenvalue weighted by atomic mass is 9.72. The van der Waals surface area contributed by atoms with Crippen LogP contribution in [-0.4, -0.2) is 30.1 Å². The molecule has 14 nitrogen and oxygen atoms in total. The van der Waals surface area contributed by atoms with Gasteiger partial charge in [0.25, 0.3) is 5.91 Å². The number of para-hydroxylation sites is 1. The number of azo groups is 1. The maximum Gasteiger partial charge on any atom is 0.451 e. The highest BCUT2D eigenvalue weighted by Crippen LogP contribution is 2.26. The van der Waals surface area contributed by atoms with Gasteiger partial charge in [-0.2, -0.15) is 16.9 Å². The molecule has 2 rings (SSSR count). The summed E-state index contributed by atoms with van der Waals surface area (Å²) >= 11 is 0. The number of hydrogen-bond acceptors (Lipinski definition) is 13. The Bertz CT molecular complexity index is 975. The summed E-state index contributed by atoms with van der Waals surface area (Å²) in [5.41, 5.74) is 4.46. The van der Waals surface area contributed by atoms with E-state index < -0.39 is 24.9 Å². The monoisotopic (exact) mass is 460 g/mol. The fraction of sp³-hybridized carbons (Fsp3) is 0.222. The number of nitrogens with zero attached hydrogens (tertiary/aromatic N) is 2. The standard InChI is InChI=1S/C18H25BN8O6/c20-24-10-12-4-1-3-11(7-12)8-16(28)26-25-15(19(27-30)33-23)9-13-5-2-6-14(17(13)31-21)18(29)32-22/h1-7,15,24,27,30H,8-10,20-23H2/t15-/m0/s1. The zero-order chi connectivity index (χ0) is 24.2. The molecule has 15 heteroatoms. The summed E-state index contributed by atoms with van der Waals surface area (Å²) in [6.07, 6.45) is -0.0770. The molecule has 11 N–H and O–H groups in total. The minimum atomic E-state index is -1.25. The first-order valence-electron chi connectivity index (χ1n) is 9.57. The first kappa shape index (κ1) is 26.0. The van der Waals surface area contributed by atoms with Crippen molar-refractivity contribution in [2.45, 2.75) is 25.3 Å². The Kier molecular flexibility index (Phi) is 10.5.